The summed E-state index contributed by atoms with van der Waals surface area (Å²) in [4.78, 5) is 44.1. The van der Waals surface area contributed by atoms with Gasteiger partial charge in [0.1, 0.15) is 0 Å². The predicted octanol–water partition coefficient (Wildman–Crippen LogP) is 3.32. The topological polar surface area (TPSA) is 217 Å². The summed E-state index contributed by atoms with van der Waals surface area (Å²) < 4.78 is 75.4. The van der Waals surface area contributed by atoms with Crippen molar-refractivity contribution in [2.24, 2.45) is 0 Å². The molecule has 3 heterocycles. The summed E-state index contributed by atoms with van der Waals surface area (Å²) in [5.41, 5.74) is 1.71. The highest BCUT2D eigenvalue weighted by atomic mass is 32.2. The van der Waals surface area contributed by atoms with Crippen molar-refractivity contribution in [2.75, 3.05) is 104 Å². The van der Waals surface area contributed by atoms with E-state index in [4.69, 9.17) is 18.9 Å². The molecule has 21 heteroatoms. The Labute approximate surface area is 356 Å². The molecule has 4 N–H and O–H groups in total. The molecule has 0 aromatic heterocycles. The third-order valence-electron chi connectivity index (χ3n) is 10.7. The van der Waals surface area contributed by atoms with Gasteiger partial charge in [-0.05, 0) is 32.0 Å². The van der Waals surface area contributed by atoms with Gasteiger partial charge < -0.3 is 54.0 Å². The molecule has 0 radical (unpaired) electrons. The summed E-state index contributed by atoms with van der Waals surface area (Å²) in [5.74, 6) is 0.0119. The fraction of sp³-hybridized carbons (Fsp3) is 0.513. The van der Waals surface area contributed by atoms with Gasteiger partial charge in [0.25, 0.3) is 21.9 Å². The standard InChI is InChI=1S/C39H55N6O12PS2/c1-7-10-44-24-35(59)40-28-21-33(31(54-5)19-26(28)38(44)48)56-14-16-58(50,43(4)12-11-42(3)36(47)9-8-13-46)17-15-57-34-22-29-27(20-32(34)55-6)39(49)45-23-25(2)18-30(45)37(41-29)60(51,52)53/h7,19-22,30,35,37,40-41,46,59H,1-2,8-18,23-24H2,3-6H3,(H,51,52,53)/t30-,35?,37?,58?/m0/s1. The second kappa shape index (κ2) is 19.9. The number of carbonyl (C=O) groups excluding carboxylic acids is 3. The summed E-state index contributed by atoms with van der Waals surface area (Å²) in [6.07, 6.45) is 2.33. The first kappa shape index (κ1) is 46.6. The smallest absolute Gasteiger partial charge is 0.288 e. The Balaban J connectivity index is 1.37. The van der Waals surface area contributed by atoms with Crippen LogP contribution in [-0.2, 0) is 19.5 Å². The second-order valence-corrected chi connectivity index (χ2v) is 20.2. The van der Waals surface area contributed by atoms with E-state index in [0.717, 1.165) is 0 Å². The van der Waals surface area contributed by atoms with Crippen LogP contribution < -0.4 is 29.6 Å². The number of benzene rings is 2. The van der Waals surface area contributed by atoms with Crippen LogP contribution in [0.5, 0.6) is 23.0 Å². The zero-order chi connectivity index (χ0) is 43.9. The Hall–Kier alpha value is -4.46. The van der Waals surface area contributed by atoms with E-state index in [2.05, 4.69) is 36.4 Å². The highest BCUT2D eigenvalue weighted by Gasteiger charge is 2.46. The van der Waals surface area contributed by atoms with E-state index in [1.54, 1.807) is 41.9 Å². The van der Waals surface area contributed by atoms with Crippen molar-refractivity contribution in [1.29, 1.82) is 0 Å². The molecule has 1 fully saturated rings. The number of likely N-dealkylation sites (N-methyl/N-ethyl adjacent to an activating group) is 2. The molecule has 3 unspecified atom stereocenters. The van der Waals surface area contributed by atoms with E-state index < -0.39 is 34.7 Å². The summed E-state index contributed by atoms with van der Waals surface area (Å²) in [6.45, 7) is 8.63. The Bertz CT molecular complexity index is 2120. The molecule has 3 aliphatic heterocycles. The third kappa shape index (κ3) is 10.7. The van der Waals surface area contributed by atoms with Crippen LogP contribution in [0.1, 0.15) is 40.0 Å². The van der Waals surface area contributed by atoms with E-state index in [1.165, 1.54) is 36.2 Å². The van der Waals surface area contributed by atoms with Crippen LogP contribution in [-0.4, -0.2) is 165 Å². The number of carbonyl (C=O) groups is 3. The summed E-state index contributed by atoms with van der Waals surface area (Å²) >= 11 is 4.59. The maximum absolute atomic E-state index is 15.0. The lowest BCUT2D eigenvalue weighted by Gasteiger charge is -2.30. The average molecular weight is 895 g/mol. The maximum atomic E-state index is 15.0. The molecule has 2 aromatic carbocycles. The number of aliphatic hydroxyl groups excluding tert-OH is 1. The van der Waals surface area contributed by atoms with Crippen LogP contribution >= 0.6 is 19.9 Å². The molecule has 3 amide bonds. The first-order chi connectivity index (χ1) is 28.4. The first-order valence-corrected chi connectivity index (χ1v) is 23.4. The molecule has 4 atom stereocenters. The van der Waals surface area contributed by atoms with Crippen molar-refractivity contribution in [3.05, 3.63) is 60.2 Å². The number of hydrogen-bond donors (Lipinski definition) is 5. The number of nitrogens with zero attached hydrogens (tertiary/aromatic N) is 4. The Morgan fingerprint density at radius 1 is 0.983 bits per heavy atom. The quantitative estimate of drug-likeness (QED) is 0.0558. The molecule has 0 bridgehead atoms. The SMILES string of the molecule is C=CCN1CC(S)Nc2cc(OCCP(=O)(CCOc3cc4c(cc3OC)C(=O)N3CC(=C)C[C@H]3C(S(=O)(=O)O)N4)N(C)CCN(C)C(=O)CCCO)c(OC)cc2C1=O. The van der Waals surface area contributed by atoms with Crippen molar-refractivity contribution >= 4 is 59.1 Å². The van der Waals surface area contributed by atoms with Crippen LogP contribution in [0.4, 0.5) is 11.4 Å². The Kier molecular flexibility index (Phi) is 15.5. The lowest BCUT2D eigenvalue weighted by atomic mass is 10.1. The number of methoxy groups -OCH3 is 2. The number of amides is 3. The zero-order valence-corrected chi connectivity index (χ0v) is 36.9. The molecule has 1 saturated heterocycles. The highest BCUT2D eigenvalue weighted by Crippen LogP contribution is 2.49. The van der Waals surface area contributed by atoms with Crippen LogP contribution in [0.2, 0.25) is 0 Å². The number of hydrogen-bond acceptors (Lipinski definition) is 14. The van der Waals surface area contributed by atoms with Gasteiger partial charge in [-0.1, -0.05) is 18.2 Å². The molecule has 3 aliphatic rings. The number of ether oxygens (including phenoxy) is 4. The molecule has 18 nitrogen and oxygen atoms in total. The van der Waals surface area contributed by atoms with Gasteiger partial charge in [0, 0.05) is 70.7 Å². The fourth-order valence-corrected chi connectivity index (χ4v) is 10.7. The number of anilines is 2. The van der Waals surface area contributed by atoms with E-state index in [0.29, 0.717) is 47.8 Å². The second-order valence-electron chi connectivity index (χ2n) is 14.8. The van der Waals surface area contributed by atoms with Crippen molar-refractivity contribution in [3.8, 4) is 23.0 Å². The number of thiol groups is 1. The largest absolute Gasteiger partial charge is 0.493 e. The minimum absolute atomic E-state index is 0.00884. The molecule has 330 valence electrons. The van der Waals surface area contributed by atoms with Crippen LogP contribution in [0.15, 0.2) is 49.1 Å². The molecular weight excluding hydrogens is 840 g/mol. The molecule has 0 spiro atoms. The lowest BCUT2D eigenvalue weighted by Crippen LogP contribution is -2.47. The van der Waals surface area contributed by atoms with Gasteiger partial charge in [-0.3, -0.25) is 23.6 Å². The normalized spacial score (nSPS) is 19.8. The number of fused-ring (bicyclic) bond motifs is 3. The number of aliphatic hydroxyl groups is 1. The molecule has 0 saturated carbocycles. The molecule has 5 rings (SSSR count). The van der Waals surface area contributed by atoms with Crippen LogP contribution in [0.25, 0.3) is 0 Å². The predicted molar refractivity (Wildman–Crippen MR) is 231 cm³/mol. The van der Waals surface area contributed by atoms with Crippen LogP contribution in [0, 0.1) is 0 Å². The molecule has 2 aromatic rings. The van der Waals surface area contributed by atoms with Gasteiger partial charge in [0.15, 0.2) is 35.7 Å². The summed E-state index contributed by atoms with van der Waals surface area (Å²) in [5, 5.41) is 13.3. The summed E-state index contributed by atoms with van der Waals surface area (Å²) in [6, 6.07) is 5.18. The zero-order valence-electron chi connectivity index (χ0n) is 34.3. The Morgan fingerprint density at radius 2 is 1.57 bits per heavy atom. The van der Waals surface area contributed by atoms with Crippen molar-refractivity contribution in [1.82, 2.24) is 19.4 Å². The van der Waals surface area contributed by atoms with Crippen molar-refractivity contribution in [2.45, 2.75) is 36.1 Å². The van der Waals surface area contributed by atoms with Gasteiger partial charge in [-0.25, -0.2) is 0 Å². The van der Waals surface area contributed by atoms with E-state index >= 15 is 0 Å². The lowest BCUT2D eigenvalue weighted by molar-refractivity contribution is -0.130. The van der Waals surface area contributed by atoms with Crippen molar-refractivity contribution in [3.63, 3.8) is 0 Å². The van der Waals surface area contributed by atoms with Crippen LogP contribution in [0.3, 0.4) is 0 Å². The van der Waals surface area contributed by atoms with Gasteiger partial charge in [-0.2, -0.15) is 21.0 Å². The average Bonchev–Trinajstić information content (AvgIpc) is 3.49. The monoisotopic (exact) mass is 894 g/mol. The van der Waals surface area contributed by atoms with Gasteiger partial charge in [0.2, 0.25) is 5.91 Å². The molecular formula is C39H55N6O12PS2. The van der Waals surface area contributed by atoms with E-state index in [-0.39, 0.29) is 105 Å². The highest BCUT2D eigenvalue weighted by molar-refractivity contribution is 7.86. The van der Waals surface area contributed by atoms with Gasteiger partial charge >= 0.3 is 0 Å². The molecule has 60 heavy (non-hydrogen) atoms. The number of nitrogens with one attached hydrogen (secondary N) is 2. The van der Waals surface area contributed by atoms with Crippen molar-refractivity contribution < 1.29 is 56.0 Å². The van der Waals surface area contributed by atoms with E-state index in [9.17, 15) is 37.0 Å². The first-order valence-electron chi connectivity index (χ1n) is 19.3. The summed E-state index contributed by atoms with van der Waals surface area (Å²) in [7, 11) is -1.90. The Morgan fingerprint density at radius 3 is 2.12 bits per heavy atom. The fourth-order valence-electron chi connectivity index (χ4n) is 7.33. The van der Waals surface area contributed by atoms with Gasteiger partial charge in [0.05, 0.1) is 67.9 Å². The third-order valence-corrected chi connectivity index (χ3v) is 15.3. The van der Waals surface area contributed by atoms with Gasteiger partial charge in [-0.15, -0.1) is 6.58 Å². The minimum Gasteiger partial charge on any atom is -0.493 e. The van der Waals surface area contributed by atoms with E-state index in [1.807, 2.05) is 0 Å². The molecule has 0 aliphatic carbocycles. The minimum atomic E-state index is -4.68. The maximum Gasteiger partial charge on any atom is 0.288 e. The number of rotatable bonds is 20.